The maximum atomic E-state index is 14.6. The van der Waals surface area contributed by atoms with E-state index in [1.807, 2.05) is 0 Å². The number of rotatable bonds is 6. The second-order valence-corrected chi connectivity index (χ2v) is 5.04. The van der Waals surface area contributed by atoms with Gasteiger partial charge < -0.3 is 10.1 Å². The lowest BCUT2D eigenvalue weighted by atomic mass is 10.1. The number of carbonyl (C=O) groups is 1. The average Bonchev–Trinajstić information content (AvgIpc) is 2.60. The molecule has 2 rings (SSSR count). The van der Waals surface area contributed by atoms with Crippen LogP contribution in [0.5, 0.6) is 0 Å². The van der Waals surface area contributed by atoms with Gasteiger partial charge in [0.1, 0.15) is 5.69 Å². The zero-order valence-corrected chi connectivity index (χ0v) is 13.7. The van der Waals surface area contributed by atoms with Gasteiger partial charge in [-0.2, -0.15) is 0 Å². The van der Waals surface area contributed by atoms with E-state index in [2.05, 4.69) is 33.2 Å². The molecule has 0 bridgehead atoms. The van der Waals surface area contributed by atoms with Crippen molar-refractivity contribution in [1.82, 2.24) is 9.97 Å². The van der Waals surface area contributed by atoms with Crippen molar-refractivity contribution in [3.8, 4) is 0 Å². The van der Waals surface area contributed by atoms with E-state index < -0.39 is 11.8 Å². The SMILES string of the molecule is C=Cc1nc(C(=O)OC)c(C=C)c(NCc2ncccc2Cl)c1F. The molecule has 0 spiro atoms. The molecule has 24 heavy (non-hydrogen) atoms. The van der Waals surface area contributed by atoms with E-state index in [0.717, 1.165) is 0 Å². The van der Waals surface area contributed by atoms with Crippen LogP contribution in [0.4, 0.5) is 10.1 Å². The summed E-state index contributed by atoms with van der Waals surface area (Å²) in [6.45, 7) is 7.27. The maximum Gasteiger partial charge on any atom is 0.357 e. The Bertz CT molecular complexity index is 809. The molecule has 2 aromatic rings. The van der Waals surface area contributed by atoms with E-state index in [1.165, 1.54) is 19.3 Å². The van der Waals surface area contributed by atoms with E-state index >= 15 is 0 Å². The van der Waals surface area contributed by atoms with Crippen molar-refractivity contribution in [3.05, 3.63) is 65.0 Å². The first-order valence-corrected chi connectivity index (χ1v) is 7.31. The molecule has 0 saturated carbocycles. The van der Waals surface area contributed by atoms with Crippen LogP contribution in [0.15, 0.2) is 31.5 Å². The van der Waals surface area contributed by atoms with E-state index in [4.69, 9.17) is 11.6 Å². The molecule has 2 aromatic heterocycles. The highest BCUT2D eigenvalue weighted by Crippen LogP contribution is 2.28. The molecule has 7 heteroatoms. The molecule has 0 unspecified atom stereocenters. The third-order valence-corrected chi connectivity index (χ3v) is 3.59. The molecule has 0 atom stereocenters. The quantitative estimate of drug-likeness (QED) is 0.801. The molecule has 0 aliphatic rings. The molecule has 0 aromatic carbocycles. The van der Waals surface area contributed by atoms with Gasteiger partial charge in [-0.25, -0.2) is 14.2 Å². The zero-order valence-electron chi connectivity index (χ0n) is 13.0. The lowest BCUT2D eigenvalue weighted by Crippen LogP contribution is -2.14. The van der Waals surface area contributed by atoms with Crippen molar-refractivity contribution in [2.24, 2.45) is 0 Å². The lowest BCUT2D eigenvalue weighted by Gasteiger charge is -2.15. The van der Waals surface area contributed by atoms with Crippen molar-refractivity contribution in [1.29, 1.82) is 0 Å². The van der Waals surface area contributed by atoms with Gasteiger partial charge in [-0.15, -0.1) is 0 Å². The Hall–Kier alpha value is -2.73. The van der Waals surface area contributed by atoms with Gasteiger partial charge in [0, 0.05) is 11.8 Å². The Balaban J connectivity index is 2.50. The Morgan fingerprint density at radius 3 is 2.79 bits per heavy atom. The summed E-state index contributed by atoms with van der Waals surface area (Å²) < 4.78 is 19.3. The number of pyridine rings is 2. The molecule has 0 aliphatic heterocycles. The van der Waals surface area contributed by atoms with Gasteiger partial charge in [0.25, 0.3) is 0 Å². The highest BCUT2D eigenvalue weighted by Gasteiger charge is 2.22. The number of esters is 1. The standard InChI is InChI=1S/C17H15ClFN3O2/c1-4-10-15(21-9-13-11(18)7-6-8-20-13)14(19)12(5-2)22-16(10)17(23)24-3/h4-8H,1-2,9H2,3H3,(H,21,22). The largest absolute Gasteiger partial charge is 0.464 e. The number of nitrogens with zero attached hydrogens (tertiary/aromatic N) is 2. The van der Waals surface area contributed by atoms with Crippen LogP contribution in [0.2, 0.25) is 5.02 Å². The van der Waals surface area contributed by atoms with E-state index in [-0.39, 0.29) is 29.2 Å². The smallest absolute Gasteiger partial charge is 0.357 e. The minimum Gasteiger partial charge on any atom is -0.464 e. The summed E-state index contributed by atoms with van der Waals surface area (Å²) in [4.78, 5) is 20.0. The summed E-state index contributed by atoms with van der Waals surface area (Å²) in [6.07, 6.45) is 4.13. The predicted octanol–water partition coefficient (Wildman–Crippen LogP) is 3.95. The van der Waals surface area contributed by atoms with Crippen molar-refractivity contribution in [2.75, 3.05) is 12.4 Å². The van der Waals surface area contributed by atoms with Gasteiger partial charge in [-0.1, -0.05) is 30.8 Å². The number of nitrogens with one attached hydrogen (secondary N) is 1. The highest BCUT2D eigenvalue weighted by molar-refractivity contribution is 6.31. The molecular formula is C17H15ClFN3O2. The fourth-order valence-corrected chi connectivity index (χ4v) is 2.26. The molecular weight excluding hydrogens is 333 g/mol. The van der Waals surface area contributed by atoms with Gasteiger partial charge in [0.05, 0.1) is 30.1 Å². The first kappa shape index (κ1) is 17.6. The molecule has 0 amide bonds. The van der Waals surface area contributed by atoms with Crippen LogP contribution < -0.4 is 5.32 Å². The Kier molecular flexibility index (Phi) is 5.65. The summed E-state index contributed by atoms with van der Waals surface area (Å²) in [5.74, 6) is -1.36. The summed E-state index contributed by atoms with van der Waals surface area (Å²) in [5, 5.41) is 3.34. The van der Waals surface area contributed by atoms with E-state index in [1.54, 1.807) is 18.3 Å². The molecule has 2 heterocycles. The highest BCUT2D eigenvalue weighted by atomic mass is 35.5. The van der Waals surface area contributed by atoms with Crippen LogP contribution in [-0.4, -0.2) is 23.0 Å². The Labute approximate surface area is 143 Å². The number of hydrogen-bond donors (Lipinski definition) is 1. The molecule has 0 fully saturated rings. The van der Waals surface area contributed by atoms with E-state index in [9.17, 15) is 9.18 Å². The number of ether oxygens (including phenoxy) is 1. The first-order valence-electron chi connectivity index (χ1n) is 6.93. The van der Waals surface area contributed by atoms with Gasteiger partial charge in [0.15, 0.2) is 11.5 Å². The number of halogens is 2. The number of aromatic nitrogens is 2. The predicted molar refractivity (Wildman–Crippen MR) is 92.3 cm³/mol. The average molecular weight is 348 g/mol. The van der Waals surface area contributed by atoms with Crippen molar-refractivity contribution >= 4 is 35.4 Å². The second-order valence-electron chi connectivity index (χ2n) is 4.63. The first-order chi connectivity index (χ1) is 11.5. The van der Waals surface area contributed by atoms with Gasteiger partial charge in [-0.05, 0) is 18.2 Å². The minimum atomic E-state index is -0.702. The monoisotopic (exact) mass is 347 g/mol. The van der Waals surface area contributed by atoms with E-state index in [0.29, 0.717) is 10.7 Å². The van der Waals surface area contributed by atoms with Gasteiger partial charge >= 0.3 is 5.97 Å². The van der Waals surface area contributed by atoms with Gasteiger partial charge in [-0.3, -0.25) is 4.98 Å². The van der Waals surface area contributed by atoms with Crippen LogP contribution in [-0.2, 0) is 11.3 Å². The molecule has 5 nitrogen and oxygen atoms in total. The molecule has 124 valence electrons. The van der Waals surface area contributed by atoms with Crippen LogP contribution in [0.1, 0.15) is 27.4 Å². The topological polar surface area (TPSA) is 64.1 Å². The molecule has 0 radical (unpaired) electrons. The van der Waals surface area contributed by atoms with Crippen molar-refractivity contribution in [3.63, 3.8) is 0 Å². The summed E-state index contributed by atoms with van der Waals surface area (Å²) in [6, 6.07) is 3.37. The lowest BCUT2D eigenvalue weighted by molar-refractivity contribution is 0.0593. The summed E-state index contributed by atoms with van der Waals surface area (Å²) in [5.41, 5.74) is 0.647. The molecule has 0 saturated heterocycles. The zero-order chi connectivity index (χ0) is 17.7. The molecule has 0 aliphatic carbocycles. The number of hydrogen-bond acceptors (Lipinski definition) is 5. The fourth-order valence-electron chi connectivity index (χ4n) is 2.07. The maximum absolute atomic E-state index is 14.6. The number of methoxy groups -OCH3 is 1. The summed E-state index contributed by atoms with van der Waals surface area (Å²) >= 11 is 6.05. The summed E-state index contributed by atoms with van der Waals surface area (Å²) in [7, 11) is 1.22. The third-order valence-electron chi connectivity index (χ3n) is 3.24. The Morgan fingerprint density at radius 1 is 1.46 bits per heavy atom. The van der Waals surface area contributed by atoms with Gasteiger partial charge in [0.2, 0.25) is 0 Å². The van der Waals surface area contributed by atoms with Crippen LogP contribution in [0, 0.1) is 5.82 Å². The normalized spacial score (nSPS) is 10.1. The Morgan fingerprint density at radius 2 is 2.21 bits per heavy atom. The second kappa shape index (κ2) is 7.70. The van der Waals surface area contributed by atoms with Crippen molar-refractivity contribution < 1.29 is 13.9 Å². The fraction of sp³-hybridized carbons (Fsp3) is 0.118. The van der Waals surface area contributed by atoms with Crippen molar-refractivity contribution in [2.45, 2.75) is 6.54 Å². The molecule has 1 N–H and O–H groups in total. The van der Waals surface area contributed by atoms with Crippen LogP contribution in [0.3, 0.4) is 0 Å². The minimum absolute atomic E-state index is 0.0528. The van der Waals surface area contributed by atoms with Crippen LogP contribution >= 0.6 is 11.6 Å². The number of anilines is 1. The van der Waals surface area contributed by atoms with Crippen LogP contribution in [0.25, 0.3) is 12.2 Å². The number of carbonyl (C=O) groups excluding carboxylic acids is 1. The third kappa shape index (κ3) is 3.44.